The molecule has 6 nitrogen and oxygen atoms in total. The summed E-state index contributed by atoms with van der Waals surface area (Å²) in [6.07, 6.45) is 3.22. The number of aliphatic hydroxyl groups is 1. The Bertz CT molecular complexity index is 565. The lowest BCUT2D eigenvalue weighted by atomic mass is 9.92. The number of aryl methyl sites for hydroxylation is 1. The molecule has 1 heterocycles. The van der Waals surface area contributed by atoms with Crippen LogP contribution in [-0.4, -0.2) is 43.2 Å². The first-order valence-corrected chi connectivity index (χ1v) is 8.75. The van der Waals surface area contributed by atoms with E-state index in [1.807, 2.05) is 6.92 Å². The summed E-state index contributed by atoms with van der Waals surface area (Å²) < 4.78 is 40.5. The van der Waals surface area contributed by atoms with Crippen molar-refractivity contribution < 1.29 is 27.6 Å². The predicted octanol–water partition coefficient (Wildman–Crippen LogP) is 1.91. The average molecular weight is 330 g/mol. The summed E-state index contributed by atoms with van der Waals surface area (Å²) in [6.45, 7) is 3.28. The fourth-order valence-corrected chi connectivity index (χ4v) is 3.02. The molecule has 124 valence electrons. The second-order valence-corrected chi connectivity index (χ2v) is 7.05. The lowest BCUT2D eigenvalue weighted by Crippen LogP contribution is -2.36. The monoisotopic (exact) mass is 330 g/mol. The van der Waals surface area contributed by atoms with Crippen molar-refractivity contribution in [2.75, 3.05) is 13.2 Å². The highest BCUT2D eigenvalue weighted by atomic mass is 32.2. The summed E-state index contributed by atoms with van der Waals surface area (Å²) >= 11 is 0. The molecule has 0 atom stereocenters. The first-order valence-electron chi connectivity index (χ1n) is 7.31. The summed E-state index contributed by atoms with van der Waals surface area (Å²) in [5.74, 6) is -0.306. The van der Waals surface area contributed by atoms with Crippen LogP contribution < -0.4 is 0 Å². The molecule has 22 heavy (non-hydrogen) atoms. The Morgan fingerprint density at radius 2 is 1.59 bits per heavy atom. The summed E-state index contributed by atoms with van der Waals surface area (Å²) in [5.41, 5.74) is 0.956. The van der Waals surface area contributed by atoms with Crippen molar-refractivity contribution in [1.29, 1.82) is 0 Å². The Morgan fingerprint density at radius 1 is 1.09 bits per heavy atom. The summed E-state index contributed by atoms with van der Waals surface area (Å²) in [6, 6.07) is 5.99. The molecule has 7 heteroatoms. The second kappa shape index (κ2) is 7.06. The van der Waals surface area contributed by atoms with Crippen LogP contribution in [-0.2, 0) is 19.6 Å². The first-order chi connectivity index (χ1) is 10.3. The smallest absolute Gasteiger partial charge is 0.294 e. The molecule has 0 radical (unpaired) electrons. The van der Waals surface area contributed by atoms with E-state index in [2.05, 4.69) is 0 Å². The van der Waals surface area contributed by atoms with Crippen LogP contribution in [0.5, 0.6) is 0 Å². The molecule has 0 bridgehead atoms. The van der Waals surface area contributed by atoms with Gasteiger partial charge in [-0.25, -0.2) is 0 Å². The molecule has 1 spiro atoms. The molecular formula is C15H22O6S. The van der Waals surface area contributed by atoms with Gasteiger partial charge in [0.25, 0.3) is 10.1 Å². The minimum Gasteiger partial charge on any atom is -0.393 e. The maximum absolute atomic E-state index is 10.5. The zero-order chi connectivity index (χ0) is 16.2. The van der Waals surface area contributed by atoms with Gasteiger partial charge in [-0.05, 0) is 31.9 Å². The van der Waals surface area contributed by atoms with Crippen LogP contribution in [0.2, 0.25) is 0 Å². The second-order valence-electron chi connectivity index (χ2n) is 5.63. The van der Waals surface area contributed by atoms with Crippen LogP contribution in [0.25, 0.3) is 0 Å². The van der Waals surface area contributed by atoms with Gasteiger partial charge >= 0.3 is 0 Å². The molecule has 1 aliphatic carbocycles. The van der Waals surface area contributed by atoms with Gasteiger partial charge < -0.3 is 14.6 Å². The normalized spacial score (nSPS) is 21.4. The van der Waals surface area contributed by atoms with E-state index >= 15 is 0 Å². The lowest BCUT2D eigenvalue weighted by Gasteiger charge is -2.33. The van der Waals surface area contributed by atoms with Crippen LogP contribution in [0.4, 0.5) is 0 Å². The van der Waals surface area contributed by atoms with Crippen molar-refractivity contribution in [3.8, 4) is 0 Å². The fourth-order valence-electron chi connectivity index (χ4n) is 2.54. The minimum absolute atomic E-state index is 0.0666. The zero-order valence-electron chi connectivity index (χ0n) is 12.6. The van der Waals surface area contributed by atoms with Gasteiger partial charge in [0, 0.05) is 12.8 Å². The van der Waals surface area contributed by atoms with Gasteiger partial charge in [-0.15, -0.1) is 0 Å². The van der Waals surface area contributed by atoms with Crippen LogP contribution in [0.15, 0.2) is 29.2 Å². The van der Waals surface area contributed by atoms with E-state index in [4.69, 9.17) is 14.0 Å². The SMILES string of the molecule is Cc1ccc(S(=O)(=O)O)cc1.OC1CCC2(CC1)OCCO2. The average Bonchev–Trinajstić information content (AvgIpc) is 2.91. The van der Waals surface area contributed by atoms with Gasteiger partial charge in [0.05, 0.1) is 24.2 Å². The summed E-state index contributed by atoms with van der Waals surface area (Å²) in [4.78, 5) is -0.0666. The fraction of sp³-hybridized carbons (Fsp3) is 0.600. The zero-order valence-corrected chi connectivity index (χ0v) is 13.4. The molecule has 1 aliphatic heterocycles. The number of hydrogen-bond donors (Lipinski definition) is 2. The molecule has 2 fully saturated rings. The predicted molar refractivity (Wildman–Crippen MR) is 80.1 cm³/mol. The van der Waals surface area contributed by atoms with E-state index in [-0.39, 0.29) is 16.8 Å². The lowest BCUT2D eigenvalue weighted by molar-refractivity contribution is -0.187. The Balaban J connectivity index is 0.000000160. The number of hydrogen-bond acceptors (Lipinski definition) is 5. The van der Waals surface area contributed by atoms with Crippen LogP contribution in [0.1, 0.15) is 31.2 Å². The molecule has 1 aromatic rings. The molecule has 1 saturated heterocycles. The van der Waals surface area contributed by atoms with Gasteiger partial charge in [-0.1, -0.05) is 17.7 Å². The van der Waals surface area contributed by atoms with Crippen molar-refractivity contribution in [3.63, 3.8) is 0 Å². The standard InChI is InChI=1S/C8H14O3.C7H8O3S/c9-7-1-3-8(4-2-7)10-5-6-11-8;1-6-2-4-7(5-3-6)11(8,9)10/h7,9H,1-6H2;2-5H,1H3,(H,8,9,10). The van der Waals surface area contributed by atoms with Gasteiger partial charge in [0.15, 0.2) is 5.79 Å². The Labute approximate surface area is 130 Å². The van der Waals surface area contributed by atoms with Crippen LogP contribution in [0.3, 0.4) is 0 Å². The molecule has 2 N–H and O–H groups in total. The van der Waals surface area contributed by atoms with E-state index in [0.29, 0.717) is 0 Å². The van der Waals surface area contributed by atoms with Crippen molar-refractivity contribution in [2.45, 2.75) is 49.4 Å². The van der Waals surface area contributed by atoms with E-state index in [9.17, 15) is 13.5 Å². The van der Waals surface area contributed by atoms with Crippen molar-refractivity contribution in [3.05, 3.63) is 29.8 Å². The Morgan fingerprint density at radius 3 is 2.05 bits per heavy atom. The highest BCUT2D eigenvalue weighted by Gasteiger charge is 2.39. The number of rotatable bonds is 1. The summed E-state index contributed by atoms with van der Waals surface area (Å²) in [5, 5.41) is 9.24. The molecule has 1 aromatic carbocycles. The molecule has 3 rings (SSSR count). The quantitative estimate of drug-likeness (QED) is 0.764. The number of ether oxygens (including phenoxy) is 2. The molecule has 1 saturated carbocycles. The minimum atomic E-state index is -4.02. The van der Waals surface area contributed by atoms with E-state index < -0.39 is 10.1 Å². The largest absolute Gasteiger partial charge is 0.393 e. The Kier molecular flexibility index (Phi) is 5.57. The number of benzene rings is 1. The molecule has 2 aliphatic rings. The van der Waals surface area contributed by atoms with Gasteiger partial charge in [-0.3, -0.25) is 4.55 Å². The maximum Gasteiger partial charge on any atom is 0.294 e. The topological polar surface area (TPSA) is 93.1 Å². The third-order valence-electron chi connectivity index (χ3n) is 3.85. The third kappa shape index (κ3) is 4.76. The van der Waals surface area contributed by atoms with Crippen molar-refractivity contribution >= 4 is 10.1 Å². The molecule has 0 amide bonds. The summed E-state index contributed by atoms with van der Waals surface area (Å²) in [7, 11) is -4.02. The van der Waals surface area contributed by atoms with Gasteiger partial charge in [0.1, 0.15) is 0 Å². The van der Waals surface area contributed by atoms with Crippen LogP contribution >= 0.6 is 0 Å². The molecular weight excluding hydrogens is 308 g/mol. The maximum atomic E-state index is 10.5. The molecule has 0 aromatic heterocycles. The first kappa shape index (κ1) is 17.4. The van der Waals surface area contributed by atoms with E-state index in [1.54, 1.807) is 12.1 Å². The van der Waals surface area contributed by atoms with E-state index in [0.717, 1.165) is 44.5 Å². The highest BCUT2D eigenvalue weighted by molar-refractivity contribution is 7.85. The van der Waals surface area contributed by atoms with Crippen molar-refractivity contribution in [2.24, 2.45) is 0 Å². The van der Waals surface area contributed by atoms with Gasteiger partial charge in [0.2, 0.25) is 0 Å². The van der Waals surface area contributed by atoms with Crippen molar-refractivity contribution in [1.82, 2.24) is 0 Å². The molecule has 0 unspecified atom stereocenters. The van der Waals surface area contributed by atoms with Gasteiger partial charge in [-0.2, -0.15) is 8.42 Å². The third-order valence-corrected chi connectivity index (χ3v) is 4.72. The number of aliphatic hydroxyl groups excluding tert-OH is 1. The Hall–Kier alpha value is -0.990. The van der Waals surface area contributed by atoms with E-state index in [1.165, 1.54) is 12.1 Å². The van der Waals surface area contributed by atoms with Crippen LogP contribution in [0, 0.1) is 6.92 Å². The highest BCUT2D eigenvalue weighted by Crippen LogP contribution is 2.35.